The first-order valence-electron chi connectivity index (χ1n) is 7.35. The van der Waals surface area contributed by atoms with E-state index in [1.165, 1.54) is 17.2 Å². The van der Waals surface area contributed by atoms with Crippen molar-refractivity contribution in [3.63, 3.8) is 0 Å². The number of hydrogen-bond acceptors (Lipinski definition) is 1. The molecule has 1 N–H and O–H groups in total. The minimum atomic E-state index is -0.546. The quantitative estimate of drug-likeness (QED) is 0.858. The molecular weight excluding hydrogens is 331 g/mol. The topological polar surface area (TPSA) is 20.2 Å². The number of aryl methyl sites for hydroxylation is 1. The molecule has 1 aliphatic carbocycles. The summed E-state index contributed by atoms with van der Waals surface area (Å²) in [5.74, 6) is -0.144. The van der Waals surface area contributed by atoms with Crippen LogP contribution in [0, 0.1) is 5.82 Å². The lowest BCUT2D eigenvalue weighted by Gasteiger charge is -2.29. The van der Waals surface area contributed by atoms with Gasteiger partial charge in [-0.05, 0) is 54.2 Å². The van der Waals surface area contributed by atoms with Gasteiger partial charge in [0.25, 0.3) is 0 Å². The van der Waals surface area contributed by atoms with Gasteiger partial charge in [0.15, 0.2) is 0 Å². The van der Waals surface area contributed by atoms with E-state index >= 15 is 0 Å². The molecule has 0 fully saturated rings. The summed E-state index contributed by atoms with van der Waals surface area (Å²) in [5.41, 5.74) is 3.12. The van der Waals surface area contributed by atoms with Gasteiger partial charge < -0.3 is 5.11 Å². The van der Waals surface area contributed by atoms with Crippen LogP contribution in [0.15, 0.2) is 46.9 Å². The fourth-order valence-corrected chi connectivity index (χ4v) is 3.67. The van der Waals surface area contributed by atoms with E-state index in [0.29, 0.717) is 12.0 Å². The van der Waals surface area contributed by atoms with Crippen molar-refractivity contribution in [2.24, 2.45) is 0 Å². The zero-order chi connectivity index (χ0) is 14.8. The van der Waals surface area contributed by atoms with Crippen LogP contribution in [-0.4, -0.2) is 11.2 Å². The highest BCUT2D eigenvalue weighted by Gasteiger charge is 2.27. The fraction of sp³-hybridized carbons (Fsp3) is 0.333. The summed E-state index contributed by atoms with van der Waals surface area (Å²) in [4.78, 5) is 0. The molecule has 0 saturated heterocycles. The summed E-state index contributed by atoms with van der Waals surface area (Å²) >= 11 is 3.36. The van der Waals surface area contributed by atoms with E-state index in [1.807, 2.05) is 12.1 Å². The van der Waals surface area contributed by atoms with Gasteiger partial charge in [-0.2, -0.15) is 0 Å². The van der Waals surface area contributed by atoms with Crippen LogP contribution in [0.1, 0.15) is 35.4 Å². The van der Waals surface area contributed by atoms with E-state index in [9.17, 15) is 9.50 Å². The van der Waals surface area contributed by atoms with Crippen LogP contribution in [0.25, 0.3) is 0 Å². The Labute approximate surface area is 132 Å². The van der Waals surface area contributed by atoms with Gasteiger partial charge in [-0.15, -0.1) is 0 Å². The third-order valence-corrected chi connectivity index (χ3v) is 4.81. The Kier molecular flexibility index (Phi) is 4.41. The molecule has 0 heterocycles. The average molecular weight is 349 g/mol. The Morgan fingerprint density at radius 3 is 2.90 bits per heavy atom. The van der Waals surface area contributed by atoms with Crippen LogP contribution in [0.3, 0.4) is 0 Å². The molecule has 2 aromatic rings. The average Bonchev–Trinajstić information content (AvgIpc) is 2.50. The summed E-state index contributed by atoms with van der Waals surface area (Å²) < 4.78 is 14.7. The van der Waals surface area contributed by atoms with Crippen molar-refractivity contribution in [2.45, 2.75) is 37.7 Å². The highest BCUT2D eigenvalue weighted by atomic mass is 79.9. The lowest BCUT2D eigenvalue weighted by atomic mass is 9.78. The van der Waals surface area contributed by atoms with Crippen molar-refractivity contribution < 1.29 is 9.50 Å². The molecule has 0 spiro atoms. The molecule has 2 atom stereocenters. The van der Waals surface area contributed by atoms with E-state index < -0.39 is 6.10 Å². The van der Waals surface area contributed by atoms with Crippen LogP contribution in [0.2, 0.25) is 0 Å². The standard InChI is InChI=1S/C18H18BrFO/c19-14-8-9-17(20)13(10-14)11-18(21)16-7-3-5-12-4-1-2-6-15(12)16/h1-2,4,6,8-10,16,18,21H,3,5,7,11H2. The normalized spacial score (nSPS) is 19.1. The Morgan fingerprint density at radius 2 is 2.05 bits per heavy atom. The van der Waals surface area contributed by atoms with Crippen molar-refractivity contribution in [3.8, 4) is 0 Å². The Morgan fingerprint density at radius 1 is 1.24 bits per heavy atom. The van der Waals surface area contributed by atoms with Crippen molar-refractivity contribution >= 4 is 15.9 Å². The Hall–Kier alpha value is -1.19. The van der Waals surface area contributed by atoms with E-state index in [4.69, 9.17) is 0 Å². The van der Waals surface area contributed by atoms with Crippen molar-refractivity contribution in [1.82, 2.24) is 0 Å². The Balaban J connectivity index is 1.83. The second-order valence-corrected chi connectivity index (χ2v) is 6.62. The van der Waals surface area contributed by atoms with Gasteiger partial charge in [0.05, 0.1) is 6.10 Å². The number of fused-ring (bicyclic) bond motifs is 1. The van der Waals surface area contributed by atoms with Gasteiger partial charge in [0.2, 0.25) is 0 Å². The second kappa shape index (κ2) is 6.29. The minimum Gasteiger partial charge on any atom is -0.392 e. The van der Waals surface area contributed by atoms with Crippen molar-refractivity contribution in [2.75, 3.05) is 0 Å². The van der Waals surface area contributed by atoms with Crippen LogP contribution < -0.4 is 0 Å². The largest absolute Gasteiger partial charge is 0.392 e. The Bertz CT molecular complexity index is 641. The zero-order valence-corrected chi connectivity index (χ0v) is 13.3. The molecule has 1 nitrogen and oxygen atoms in total. The van der Waals surface area contributed by atoms with Crippen LogP contribution >= 0.6 is 15.9 Å². The monoisotopic (exact) mass is 348 g/mol. The molecule has 3 heteroatoms. The maximum absolute atomic E-state index is 13.9. The van der Waals surface area contributed by atoms with Crippen LogP contribution in [0.5, 0.6) is 0 Å². The van der Waals surface area contributed by atoms with Gasteiger partial charge in [0, 0.05) is 16.8 Å². The molecule has 2 aromatic carbocycles. The van der Waals surface area contributed by atoms with Gasteiger partial charge >= 0.3 is 0 Å². The molecule has 0 radical (unpaired) electrons. The summed E-state index contributed by atoms with van der Waals surface area (Å²) in [7, 11) is 0. The van der Waals surface area contributed by atoms with E-state index in [0.717, 1.165) is 23.7 Å². The maximum atomic E-state index is 13.9. The third-order valence-electron chi connectivity index (χ3n) is 4.32. The molecule has 2 unspecified atom stereocenters. The number of rotatable bonds is 3. The molecule has 0 aliphatic heterocycles. The van der Waals surface area contributed by atoms with Crippen molar-refractivity contribution in [3.05, 3.63) is 69.4 Å². The lowest BCUT2D eigenvalue weighted by Crippen LogP contribution is -2.25. The molecule has 0 saturated carbocycles. The first kappa shape index (κ1) is 14.7. The van der Waals surface area contributed by atoms with E-state index in [1.54, 1.807) is 12.1 Å². The second-order valence-electron chi connectivity index (χ2n) is 5.70. The molecular formula is C18H18BrFO. The van der Waals surface area contributed by atoms with Crippen LogP contribution in [0.4, 0.5) is 4.39 Å². The molecule has 21 heavy (non-hydrogen) atoms. The highest BCUT2D eigenvalue weighted by molar-refractivity contribution is 9.10. The van der Waals surface area contributed by atoms with E-state index in [-0.39, 0.29) is 11.7 Å². The van der Waals surface area contributed by atoms with Gasteiger partial charge in [0.1, 0.15) is 5.82 Å². The SMILES string of the molecule is OC(Cc1cc(Br)ccc1F)C1CCCc2ccccc21. The molecule has 110 valence electrons. The minimum absolute atomic E-state index is 0.105. The zero-order valence-electron chi connectivity index (χ0n) is 11.7. The summed E-state index contributed by atoms with van der Waals surface area (Å²) in [6.45, 7) is 0. The molecule has 0 aromatic heterocycles. The third kappa shape index (κ3) is 3.19. The van der Waals surface area contributed by atoms with Gasteiger partial charge in [-0.3, -0.25) is 0 Å². The predicted octanol–water partition coefficient (Wildman–Crippen LogP) is 4.61. The maximum Gasteiger partial charge on any atom is 0.126 e. The lowest BCUT2D eigenvalue weighted by molar-refractivity contribution is 0.133. The number of hydrogen-bond donors (Lipinski definition) is 1. The first-order valence-corrected chi connectivity index (χ1v) is 8.14. The van der Waals surface area contributed by atoms with Crippen LogP contribution in [-0.2, 0) is 12.8 Å². The summed E-state index contributed by atoms with van der Waals surface area (Å²) in [6.07, 6.45) is 2.93. The fourth-order valence-electron chi connectivity index (χ4n) is 3.26. The number of aliphatic hydroxyl groups is 1. The summed E-state index contributed by atoms with van der Waals surface area (Å²) in [5, 5.41) is 10.6. The smallest absolute Gasteiger partial charge is 0.126 e. The number of halogens is 2. The van der Waals surface area contributed by atoms with E-state index in [2.05, 4.69) is 28.1 Å². The van der Waals surface area contributed by atoms with Gasteiger partial charge in [-0.25, -0.2) is 4.39 Å². The van der Waals surface area contributed by atoms with Crippen molar-refractivity contribution in [1.29, 1.82) is 0 Å². The highest BCUT2D eigenvalue weighted by Crippen LogP contribution is 2.35. The summed E-state index contributed by atoms with van der Waals surface area (Å²) in [6, 6.07) is 13.2. The first-order chi connectivity index (χ1) is 10.1. The van der Waals surface area contributed by atoms with Gasteiger partial charge in [-0.1, -0.05) is 40.2 Å². The number of benzene rings is 2. The molecule has 1 aliphatic rings. The molecule has 3 rings (SSSR count). The molecule has 0 bridgehead atoms. The predicted molar refractivity (Wildman–Crippen MR) is 85.9 cm³/mol. The molecule has 0 amide bonds. The number of aliphatic hydroxyl groups excluding tert-OH is 1.